The molecule has 10 aromatic rings. The van der Waals surface area contributed by atoms with Crippen LogP contribution < -0.4 is 13.6 Å². The molecule has 1 N–H and O–H groups in total. The second-order valence-electron chi connectivity index (χ2n) is 13.9. The van der Waals surface area contributed by atoms with Gasteiger partial charge in [-0.05, 0) is 104 Å². The molecular weight excluding hydrogens is 779 g/mol. The van der Waals surface area contributed by atoms with E-state index in [1.54, 1.807) is 6.20 Å². The Labute approximate surface area is 370 Å². The molecule has 10 rings (SSSR count). The number of aromatic nitrogens is 1. The summed E-state index contributed by atoms with van der Waals surface area (Å²) in [5.41, 5.74) is 10.1. The lowest BCUT2D eigenvalue weighted by molar-refractivity contribution is 0.622. The molecule has 0 atom stereocenters. The highest BCUT2D eigenvalue weighted by molar-refractivity contribution is 7.02. The van der Waals surface area contributed by atoms with Crippen molar-refractivity contribution in [2.45, 2.75) is 7.43 Å². The van der Waals surface area contributed by atoms with E-state index in [0.29, 0.717) is 0 Å². The Hall–Kier alpha value is -7.06. The van der Waals surface area contributed by atoms with Crippen molar-refractivity contribution in [3.05, 3.63) is 231 Å². The Morgan fingerprint density at radius 3 is 1.30 bits per heavy atom. The Morgan fingerprint density at radius 2 is 0.820 bits per heavy atom. The molecule has 0 spiro atoms. The van der Waals surface area contributed by atoms with Gasteiger partial charge in [-0.1, -0.05) is 159 Å². The van der Waals surface area contributed by atoms with Gasteiger partial charge in [0.1, 0.15) is 11.3 Å². The minimum Gasteiger partial charge on any atom is -0.649 e. The Balaban J connectivity index is 0.000000307. The zero-order chi connectivity index (χ0) is 41.8. The number of hydrogen-bond acceptors (Lipinski definition) is 5. The van der Waals surface area contributed by atoms with Crippen molar-refractivity contribution in [3.8, 4) is 16.9 Å². The average Bonchev–Trinajstić information content (AvgIpc) is 3.33. The molecule has 0 fully saturated rings. The molecule has 0 unspecified atom stereocenters. The molecule has 0 aliphatic carbocycles. The summed E-state index contributed by atoms with van der Waals surface area (Å²) in [4.78, 5) is 8.92. The van der Waals surface area contributed by atoms with Crippen LogP contribution in [0, 0.1) is 5.15 Å². The number of para-hydroxylation sites is 3. The van der Waals surface area contributed by atoms with E-state index in [4.69, 9.17) is 5.20 Å². The fraction of sp³-hybridized carbons (Fsp3) is 0.0185. The molecule has 295 valence electrons. The molecule has 7 heteroatoms. The van der Waals surface area contributed by atoms with E-state index in [2.05, 4.69) is 223 Å². The fourth-order valence-corrected chi connectivity index (χ4v) is 7.85. The van der Waals surface area contributed by atoms with Crippen LogP contribution in [-0.4, -0.2) is 21.6 Å². The molecule has 0 aliphatic rings. The third-order valence-corrected chi connectivity index (χ3v) is 10.7. The van der Waals surface area contributed by atoms with Gasteiger partial charge in [0.25, 0.3) is 0 Å². The van der Waals surface area contributed by atoms with E-state index < -0.39 is 0 Å². The summed E-state index contributed by atoms with van der Waals surface area (Å²) >= 11 is 1.47. The first-order valence-electron chi connectivity index (χ1n) is 20.0. The normalized spacial score (nSPS) is 10.5. The van der Waals surface area contributed by atoms with Crippen LogP contribution in [0.5, 0.6) is 5.75 Å². The number of pyridine rings is 1. The molecule has 5 nitrogen and oxygen atoms in total. The van der Waals surface area contributed by atoms with Crippen molar-refractivity contribution in [1.82, 2.24) is 4.98 Å². The van der Waals surface area contributed by atoms with Crippen molar-refractivity contribution < 1.29 is 5.20 Å². The zero-order valence-electron chi connectivity index (χ0n) is 33.8. The summed E-state index contributed by atoms with van der Waals surface area (Å²) < 4.78 is 10.9. The molecule has 0 saturated heterocycles. The third-order valence-electron chi connectivity index (χ3n) is 10.4. The van der Waals surface area contributed by atoms with Crippen LogP contribution in [0.2, 0.25) is 1.41 Å². The van der Waals surface area contributed by atoms with E-state index >= 15 is 0 Å². The number of rotatable bonds is 8. The van der Waals surface area contributed by atoms with Crippen LogP contribution in [0.25, 0.3) is 43.6 Å². The number of nitrogens with one attached hydrogen (secondary N) is 1. The fourth-order valence-electron chi connectivity index (χ4n) is 7.61. The number of benzene rings is 9. The lowest BCUT2D eigenvalue weighted by atomic mass is 10.0. The molecular formula is C54H45AlN4OP. The summed E-state index contributed by atoms with van der Waals surface area (Å²) in [6, 6.07) is 79.1. The Bertz CT molecular complexity index is 2830. The summed E-state index contributed by atoms with van der Waals surface area (Å²) in [6.07, 6.45) is 1.77. The van der Waals surface area contributed by atoms with Crippen molar-refractivity contribution >= 4 is 92.2 Å². The monoisotopic (exact) mass is 824 g/mol. The summed E-state index contributed by atoms with van der Waals surface area (Å²) in [7, 11) is 2.48. The van der Waals surface area contributed by atoms with Crippen LogP contribution in [0.3, 0.4) is 0 Å². The maximum absolute atomic E-state index is 5.75. The van der Waals surface area contributed by atoms with E-state index in [0.717, 1.165) is 50.8 Å². The van der Waals surface area contributed by atoms with Crippen LogP contribution in [0.4, 0.5) is 34.1 Å². The predicted octanol–water partition coefficient (Wildman–Crippen LogP) is 15.6. The largest absolute Gasteiger partial charge is 0.649 e. The number of fused-ring (bicyclic) bond motifs is 3. The number of hydrogen-bond donors (Lipinski definition) is 1. The lowest BCUT2D eigenvalue weighted by Crippen LogP contribution is -2.10. The summed E-state index contributed by atoms with van der Waals surface area (Å²) in [5.74, 6) is 0.839. The first kappa shape index (κ1) is 40.7. The second kappa shape index (κ2) is 20.3. The first-order valence-corrected chi connectivity index (χ1v) is 20.6. The maximum Gasteiger partial charge on any atom is 0.494 e. The van der Waals surface area contributed by atoms with Crippen molar-refractivity contribution in [3.63, 3.8) is 0 Å². The molecule has 1 heterocycles. The minimum absolute atomic E-state index is 0. The third kappa shape index (κ3) is 9.24. The van der Waals surface area contributed by atoms with Gasteiger partial charge in [0.15, 0.2) is 1.41 Å². The van der Waals surface area contributed by atoms with Crippen molar-refractivity contribution in [2.75, 3.05) is 9.80 Å². The van der Waals surface area contributed by atoms with Gasteiger partial charge in [0.05, 0.1) is 11.4 Å². The van der Waals surface area contributed by atoms with Crippen molar-refractivity contribution in [2.24, 2.45) is 0 Å². The molecule has 0 amide bonds. The summed E-state index contributed by atoms with van der Waals surface area (Å²) in [6.45, 7) is 0. The van der Waals surface area contributed by atoms with Gasteiger partial charge in [0, 0.05) is 45.1 Å². The van der Waals surface area contributed by atoms with Gasteiger partial charge < -0.3 is 13.6 Å². The molecule has 0 aliphatic heterocycles. The minimum atomic E-state index is 0. The molecule has 1 aromatic heterocycles. The Kier molecular flexibility index (Phi) is 13.5. The predicted molar refractivity (Wildman–Crippen MR) is 264 cm³/mol. The molecule has 9 aromatic carbocycles. The number of anilines is 6. The topological polar surface area (TPSA) is 52.5 Å². The van der Waals surface area contributed by atoms with Crippen molar-refractivity contribution in [1.29, 1.82) is 5.15 Å². The molecule has 0 saturated carbocycles. The second-order valence-corrected chi connectivity index (χ2v) is 14.2. The van der Waals surface area contributed by atoms with Crippen LogP contribution in [0.1, 0.15) is 7.43 Å². The van der Waals surface area contributed by atoms with Gasteiger partial charge in [-0.25, -0.2) is 0 Å². The highest BCUT2D eigenvalue weighted by atomic mass is 31.0. The smallest absolute Gasteiger partial charge is 0.494 e. The van der Waals surface area contributed by atoms with Crippen LogP contribution in [-0.2, 0) is 0 Å². The number of nitrogens with zero attached hydrogens (tertiary/aromatic N) is 3. The maximum atomic E-state index is 5.75. The van der Waals surface area contributed by atoms with Gasteiger partial charge >= 0.3 is 16.6 Å². The van der Waals surface area contributed by atoms with Gasteiger partial charge in [-0.3, -0.25) is 10.1 Å². The van der Waals surface area contributed by atoms with E-state index in [1.165, 1.54) is 49.3 Å². The zero-order valence-corrected chi connectivity index (χ0v) is 35.3. The SMILES string of the molecule is C.[2H]N=P.[AlH][O]c1cccc2cccnc12.c1ccc(N(c2ccc(-c3ccc(N(c4ccccc4)c4cccc5ccccc45)cc3)cc2)c2cccc3ccccc23)cc1. The molecule has 1 radical (unpaired) electrons. The summed E-state index contributed by atoms with van der Waals surface area (Å²) in [5, 5.41) is 8.57. The average molecular weight is 825 g/mol. The Morgan fingerprint density at radius 1 is 0.443 bits per heavy atom. The van der Waals surface area contributed by atoms with Crippen LogP contribution in [0.15, 0.2) is 231 Å². The molecule has 61 heavy (non-hydrogen) atoms. The standard InChI is InChI=1S/C44H32N2.C9H7NO.CH4.Al.H2NP.H/c1-3-17-37(18-4-1)45(43-23-11-15-35-13-7-9-21-41(35)43)39-29-25-33(26-30-39)34-27-31-40(32-28-34)46(38-19-5-2-6-20-38)44-24-12-16-36-14-8-10-22-42(36)44;11-8-5-1-3-7-4-2-6-10-9(7)8;;;1-2;/h1-32H;1-6,11H;1H4;;1-2H;/q;;;+1;;/p-1/i/hD. The quantitative estimate of drug-likeness (QED) is 0.122. The van der Waals surface area contributed by atoms with E-state index in [1.807, 2.05) is 30.3 Å². The molecule has 0 bridgehead atoms. The highest BCUT2D eigenvalue weighted by Crippen LogP contribution is 2.41. The van der Waals surface area contributed by atoms with Gasteiger partial charge in [0.2, 0.25) is 0 Å². The van der Waals surface area contributed by atoms with Gasteiger partial charge in [-0.2, -0.15) is 0 Å². The lowest BCUT2D eigenvalue weighted by Gasteiger charge is -2.27. The van der Waals surface area contributed by atoms with E-state index in [-0.39, 0.29) is 7.43 Å². The van der Waals surface area contributed by atoms with E-state index in [9.17, 15) is 0 Å². The first-order chi connectivity index (χ1) is 30.2. The highest BCUT2D eigenvalue weighted by Gasteiger charge is 2.17. The van der Waals surface area contributed by atoms with Crippen LogP contribution >= 0.6 is 9.03 Å². The van der Waals surface area contributed by atoms with Gasteiger partial charge in [-0.15, -0.1) is 0 Å².